The Kier molecular flexibility index (Phi) is 5.82. The Morgan fingerprint density at radius 1 is 1.23 bits per heavy atom. The molecule has 1 unspecified atom stereocenters. The summed E-state index contributed by atoms with van der Waals surface area (Å²) in [5.41, 5.74) is 2.80. The zero-order valence-electron chi connectivity index (χ0n) is 7.33. The number of hydrogen-bond donors (Lipinski definition) is 0. The van der Waals surface area contributed by atoms with Crippen molar-refractivity contribution < 1.29 is 38.3 Å². The van der Waals surface area contributed by atoms with E-state index in [0.717, 1.165) is 6.42 Å². The molecule has 0 radical (unpaired) electrons. The van der Waals surface area contributed by atoms with Crippen LogP contribution in [0, 0.1) is 6.92 Å². The van der Waals surface area contributed by atoms with Crippen molar-refractivity contribution in [3.63, 3.8) is 0 Å². The quantitative estimate of drug-likeness (QED) is 0.491. The summed E-state index contributed by atoms with van der Waals surface area (Å²) in [5, 5.41) is 0. The van der Waals surface area contributed by atoms with Gasteiger partial charge in [-0.25, -0.2) is 0 Å². The minimum absolute atomic E-state index is 0. The first-order valence-corrected chi connectivity index (χ1v) is 3.98. The van der Waals surface area contributed by atoms with Gasteiger partial charge in [0.1, 0.15) is 0 Å². The molecule has 0 saturated heterocycles. The molecule has 0 spiro atoms. The number of fused-ring (bicyclic) bond motifs is 1. The first-order chi connectivity index (χ1) is 5.42. The van der Waals surface area contributed by atoms with Gasteiger partial charge in [0.05, 0.1) is 0 Å². The normalized spacial score (nSPS) is 17.2. The Bertz CT molecular complexity index is 294. The van der Waals surface area contributed by atoms with E-state index in [1.165, 1.54) is 11.1 Å². The average molecular weight is 357 g/mol. The Labute approximate surface area is 105 Å². The summed E-state index contributed by atoms with van der Waals surface area (Å²) in [6.45, 7) is 3.92. The summed E-state index contributed by atoms with van der Waals surface area (Å²) >= 11 is 0. The van der Waals surface area contributed by atoms with E-state index in [1.807, 2.05) is 0 Å². The van der Waals surface area contributed by atoms with Crippen molar-refractivity contribution in [3.8, 4) is 0 Å². The molecule has 2 rings (SSSR count). The van der Waals surface area contributed by atoms with Crippen LogP contribution in [0.25, 0.3) is 6.08 Å². The average Bonchev–Trinajstić information content (AvgIpc) is 2.47. The van der Waals surface area contributed by atoms with Gasteiger partial charge in [-0.2, -0.15) is 6.42 Å². The van der Waals surface area contributed by atoms with Crippen molar-refractivity contribution in [1.29, 1.82) is 0 Å². The monoisotopic (exact) mass is 358 g/mol. The van der Waals surface area contributed by atoms with Crippen LogP contribution in [0.3, 0.4) is 0 Å². The molecule has 1 aliphatic rings. The van der Waals surface area contributed by atoms with E-state index < -0.39 is 0 Å². The van der Waals surface area contributed by atoms with Gasteiger partial charge >= 0.3 is 0 Å². The minimum atomic E-state index is 0. The summed E-state index contributed by atoms with van der Waals surface area (Å²) in [7, 11) is 0. The van der Waals surface area contributed by atoms with Crippen LogP contribution in [-0.2, 0) is 25.8 Å². The Morgan fingerprint density at radius 3 is 2.62 bits per heavy atom. The molecule has 0 bridgehead atoms. The van der Waals surface area contributed by atoms with E-state index in [9.17, 15) is 0 Å². The van der Waals surface area contributed by atoms with Crippen LogP contribution in [0.4, 0.5) is 0 Å². The summed E-state index contributed by atoms with van der Waals surface area (Å²) in [6, 6.07) is 8.51. The van der Waals surface area contributed by atoms with Crippen molar-refractivity contribution >= 4 is 6.08 Å². The molecule has 68 valence electrons. The molecule has 1 aliphatic carbocycles. The third kappa shape index (κ3) is 2.54. The molecular weight excluding hydrogens is 346 g/mol. The fourth-order valence-corrected chi connectivity index (χ4v) is 1.58. The van der Waals surface area contributed by atoms with E-state index in [1.54, 1.807) is 0 Å². The standard InChI is InChI=1S/C11H11.ClH.Hf/c1-2-9-7-8-10-5-3-4-6-11(9)10;;/h3-9H,1-2H2;1H;/q-1;;/p-1. The van der Waals surface area contributed by atoms with Gasteiger partial charge in [0, 0.05) is 25.8 Å². The molecule has 1 atom stereocenters. The van der Waals surface area contributed by atoms with Gasteiger partial charge in [-0.05, 0) is 17.0 Å². The first-order valence-electron chi connectivity index (χ1n) is 3.98. The van der Waals surface area contributed by atoms with Crippen LogP contribution in [0.1, 0.15) is 23.5 Å². The number of hydrogen-bond acceptors (Lipinski definition) is 0. The molecule has 0 amide bonds. The second kappa shape index (κ2) is 5.77. The molecule has 0 nitrogen and oxygen atoms in total. The molecule has 0 N–H and O–H groups in total. The van der Waals surface area contributed by atoms with Gasteiger partial charge in [-0.1, -0.05) is 36.4 Å². The Morgan fingerprint density at radius 2 is 1.92 bits per heavy atom. The van der Waals surface area contributed by atoms with Crippen LogP contribution in [0.5, 0.6) is 0 Å². The topological polar surface area (TPSA) is 0 Å². The van der Waals surface area contributed by atoms with E-state index in [4.69, 9.17) is 0 Å². The van der Waals surface area contributed by atoms with Gasteiger partial charge in [0.25, 0.3) is 0 Å². The van der Waals surface area contributed by atoms with Gasteiger partial charge in [-0.3, -0.25) is 0 Å². The van der Waals surface area contributed by atoms with Crippen LogP contribution >= 0.6 is 0 Å². The third-order valence-electron chi connectivity index (χ3n) is 2.21. The van der Waals surface area contributed by atoms with Crippen molar-refractivity contribution in [2.24, 2.45) is 0 Å². The largest absolute Gasteiger partial charge is 1.00 e. The number of allylic oxidation sites excluding steroid dienone is 1. The molecule has 2 heteroatoms. The zero-order chi connectivity index (χ0) is 7.68. The molecule has 13 heavy (non-hydrogen) atoms. The molecule has 0 aliphatic heterocycles. The molecule has 0 fully saturated rings. The predicted molar refractivity (Wildman–Crippen MR) is 48.2 cm³/mol. The second-order valence-corrected chi connectivity index (χ2v) is 2.88. The van der Waals surface area contributed by atoms with E-state index in [2.05, 4.69) is 43.3 Å². The van der Waals surface area contributed by atoms with Gasteiger partial charge in [0.2, 0.25) is 0 Å². The summed E-state index contributed by atoms with van der Waals surface area (Å²) in [4.78, 5) is 0. The van der Waals surface area contributed by atoms with Crippen molar-refractivity contribution in [3.05, 3.63) is 48.4 Å². The predicted octanol–water partition coefficient (Wildman–Crippen LogP) is 0.0227. The molecule has 0 saturated carbocycles. The van der Waals surface area contributed by atoms with Crippen molar-refractivity contribution in [1.82, 2.24) is 0 Å². The van der Waals surface area contributed by atoms with Crippen LogP contribution < -0.4 is 12.4 Å². The first kappa shape index (κ1) is 13.1. The van der Waals surface area contributed by atoms with Gasteiger partial charge in [0.15, 0.2) is 0 Å². The van der Waals surface area contributed by atoms with E-state index in [-0.39, 0.29) is 38.3 Å². The summed E-state index contributed by atoms with van der Waals surface area (Å²) in [6.07, 6.45) is 5.39. The minimum Gasteiger partial charge on any atom is -1.00 e. The molecule has 1 aromatic rings. The fourth-order valence-electron chi connectivity index (χ4n) is 1.58. The second-order valence-electron chi connectivity index (χ2n) is 2.88. The smallest absolute Gasteiger partial charge is 0 e. The number of rotatable bonds is 1. The fraction of sp³-hybridized carbons (Fsp3) is 0.182. The third-order valence-corrected chi connectivity index (χ3v) is 2.21. The van der Waals surface area contributed by atoms with Gasteiger partial charge < -0.3 is 19.3 Å². The van der Waals surface area contributed by atoms with Crippen molar-refractivity contribution in [2.75, 3.05) is 0 Å². The van der Waals surface area contributed by atoms with Crippen LogP contribution in [-0.4, -0.2) is 0 Å². The van der Waals surface area contributed by atoms with Crippen molar-refractivity contribution in [2.45, 2.75) is 12.3 Å². The molecule has 0 aromatic heterocycles. The van der Waals surface area contributed by atoms with Gasteiger partial charge in [-0.15, -0.1) is 0 Å². The number of halogens is 1. The maximum absolute atomic E-state index is 3.92. The summed E-state index contributed by atoms with van der Waals surface area (Å²) in [5.74, 6) is 0.561. The van der Waals surface area contributed by atoms with E-state index >= 15 is 0 Å². The SMILES string of the molecule is [CH2-]CC1C=Cc2ccccc21.[Cl-].[Hf]. The Balaban J connectivity index is 0.000000720. The maximum Gasteiger partial charge on any atom is 0 e. The Hall–Kier alpha value is 0.120. The molecular formula is C11H11ClHf-2. The molecule has 1 aromatic carbocycles. The zero-order valence-corrected chi connectivity index (χ0v) is 11.7. The van der Waals surface area contributed by atoms with E-state index in [0.29, 0.717) is 5.92 Å². The van der Waals surface area contributed by atoms with Crippen LogP contribution in [0.15, 0.2) is 30.3 Å². The maximum atomic E-state index is 3.92. The molecule has 0 heterocycles. The number of benzene rings is 1. The summed E-state index contributed by atoms with van der Waals surface area (Å²) < 4.78 is 0. The van der Waals surface area contributed by atoms with Crippen LogP contribution in [0.2, 0.25) is 0 Å².